The highest BCUT2D eigenvalue weighted by Gasteiger charge is 2.05. The van der Waals surface area contributed by atoms with Crippen LogP contribution in [0.15, 0.2) is 18.2 Å². The van der Waals surface area contributed by atoms with Gasteiger partial charge in [0.15, 0.2) is 0 Å². The van der Waals surface area contributed by atoms with E-state index in [1.165, 1.54) is 36.8 Å². The molecule has 0 atom stereocenters. The number of amides is 1. The third kappa shape index (κ3) is 11.9. The van der Waals surface area contributed by atoms with E-state index >= 15 is 0 Å². The van der Waals surface area contributed by atoms with Gasteiger partial charge in [0.05, 0.1) is 0 Å². The van der Waals surface area contributed by atoms with Gasteiger partial charge in [-0.3, -0.25) is 4.79 Å². The molecule has 23 heavy (non-hydrogen) atoms. The molecule has 2 heteroatoms. The van der Waals surface area contributed by atoms with Gasteiger partial charge in [0.25, 0.3) is 0 Å². The molecule has 0 aliphatic heterocycles. The number of aryl methyl sites for hydroxylation is 1. The first-order valence-electron chi connectivity index (χ1n) is 9.48. The van der Waals surface area contributed by atoms with Crippen molar-refractivity contribution in [3.05, 3.63) is 29.3 Å². The van der Waals surface area contributed by atoms with E-state index in [1.54, 1.807) is 0 Å². The van der Waals surface area contributed by atoms with Crippen LogP contribution in [0.4, 0.5) is 5.69 Å². The van der Waals surface area contributed by atoms with E-state index in [-0.39, 0.29) is 5.91 Å². The molecule has 2 nitrogen and oxygen atoms in total. The number of rotatable bonds is 7. The van der Waals surface area contributed by atoms with Crippen LogP contribution in [-0.2, 0) is 11.2 Å². The summed E-state index contributed by atoms with van der Waals surface area (Å²) in [6, 6.07) is 6.09. The van der Waals surface area contributed by atoms with Gasteiger partial charge in [0, 0.05) is 12.1 Å². The molecule has 1 N–H and O–H groups in total. The molecule has 0 saturated carbocycles. The van der Waals surface area contributed by atoms with Gasteiger partial charge in [-0.1, -0.05) is 85.8 Å². The highest BCUT2D eigenvalue weighted by molar-refractivity contribution is 5.91. The molecule has 0 saturated heterocycles. The first-order chi connectivity index (χ1) is 11.1. The van der Waals surface area contributed by atoms with E-state index in [1.807, 2.05) is 32.9 Å². The average molecular weight is 322 g/mol. The lowest BCUT2D eigenvalue weighted by Gasteiger charge is -2.11. The molecule has 0 unspecified atom stereocenters. The minimum Gasteiger partial charge on any atom is -0.326 e. The Morgan fingerprint density at radius 1 is 0.957 bits per heavy atom. The molecule has 0 bridgehead atoms. The molecule has 0 aliphatic carbocycles. The van der Waals surface area contributed by atoms with Gasteiger partial charge in [-0.2, -0.15) is 0 Å². The second kappa shape index (κ2) is 17.1. The van der Waals surface area contributed by atoms with Crippen LogP contribution in [-0.4, -0.2) is 5.91 Å². The van der Waals surface area contributed by atoms with Gasteiger partial charge in [-0.15, -0.1) is 0 Å². The molecule has 1 rings (SSSR count). The summed E-state index contributed by atoms with van der Waals surface area (Å²) in [4.78, 5) is 11.3. The molecule has 0 heterocycles. The van der Waals surface area contributed by atoms with E-state index in [0.717, 1.165) is 18.5 Å². The second-order valence-electron chi connectivity index (χ2n) is 5.45. The summed E-state index contributed by atoms with van der Waals surface area (Å²) in [5, 5.41) is 2.92. The number of unbranched alkanes of at least 4 members (excludes halogenated alkanes) is 3. The summed E-state index contributed by atoms with van der Waals surface area (Å²) in [7, 11) is 0. The first kappa shape index (κ1) is 23.9. The second-order valence-corrected chi connectivity index (χ2v) is 5.45. The zero-order valence-corrected chi connectivity index (χ0v) is 16.6. The van der Waals surface area contributed by atoms with Crippen LogP contribution >= 0.6 is 0 Å². The van der Waals surface area contributed by atoms with Crippen LogP contribution < -0.4 is 5.32 Å². The fourth-order valence-electron chi connectivity index (χ4n) is 2.10. The lowest BCUT2D eigenvalue weighted by atomic mass is 10.0. The summed E-state index contributed by atoms with van der Waals surface area (Å²) >= 11 is 0. The van der Waals surface area contributed by atoms with Gasteiger partial charge in [-0.05, 0) is 30.5 Å². The highest BCUT2D eigenvalue weighted by atomic mass is 16.1. The SMILES string of the molecule is CC.CCCCCC.CCCc1cccc(NC(=O)CC)c1C. The van der Waals surface area contributed by atoms with Gasteiger partial charge in [0.1, 0.15) is 0 Å². The van der Waals surface area contributed by atoms with Crippen LogP contribution in [0.3, 0.4) is 0 Å². The molecule has 0 radical (unpaired) electrons. The van der Waals surface area contributed by atoms with Crippen molar-refractivity contribution in [2.45, 2.75) is 93.4 Å². The van der Waals surface area contributed by atoms with E-state index in [0.29, 0.717) is 6.42 Å². The smallest absolute Gasteiger partial charge is 0.224 e. The number of nitrogens with one attached hydrogen (secondary N) is 1. The number of carbonyl (C=O) groups is 1. The molecule has 0 fully saturated rings. The van der Waals surface area contributed by atoms with Crippen LogP contribution in [0.5, 0.6) is 0 Å². The maximum atomic E-state index is 11.3. The van der Waals surface area contributed by atoms with E-state index in [2.05, 4.69) is 39.1 Å². The zero-order valence-electron chi connectivity index (χ0n) is 16.6. The minimum atomic E-state index is 0.0757. The average Bonchev–Trinajstić information content (AvgIpc) is 2.59. The fraction of sp³-hybridized carbons (Fsp3) is 0.667. The predicted molar refractivity (Wildman–Crippen MR) is 105 cm³/mol. The Hall–Kier alpha value is -1.31. The van der Waals surface area contributed by atoms with Crippen molar-refractivity contribution in [3.8, 4) is 0 Å². The van der Waals surface area contributed by atoms with Crippen molar-refractivity contribution in [2.75, 3.05) is 5.32 Å². The Morgan fingerprint density at radius 2 is 1.52 bits per heavy atom. The third-order valence-electron chi connectivity index (χ3n) is 3.52. The van der Waals surface area contributed by atoms with Crippen LogP contribution in [0, 0.1) is 6.92 Å². The van der Waals surface area contributed by atoms with E-state index in [9.17, 15) is 4.79 Å². The molecule has 134 valence electrons. The number of carbonyl (C=O) groups excluding carboxylic acids is 1. The highest BCUT2D eigenvalue weighted by Crippen LogP contribution is 2.20. The van der Waals surface area contributed by atoms with Gasteiger partial charge in [0.2, 0.25) is 5.91 Å². The summed E-state index contributed by atoms with van der Waals surface area (Å²) in [5.74, 6) is 0.0757. The largest absolute Gasteiger partial charge is 0.326 e. The maximum absolute atomic E-state index is 11.3. The quantitative estimate of drug-likeness (QED) is 0.543. The van der Waals surface area contributed by atoms with Crippen molar-refractivity contribution >= 4 is 11.6 Å². The predicted octanol–water partition coefficient (Wildman–Crippen LogP) is 6.91. The van der Waals surface area contributed by atoms with Crippen molar-refractivity contribution in [1.82, 2.24) is 0 Å². The van der Waals surface area contributed by atoms with Crippen molar-refractivity contribution < 1.29 is 4.79 Å². The van der Waals surface area contributed by atoms with Crippen LogP contribution in [0.2, 0.25) is 0 Å². The fourth-order valence-corrected chi connectivity index (χ4v) is 2.10. The molecule has 0 aliphatic rings. The Balaban J connectivity index is 0. The van der Waals surface area contributed by atoms with Crippen LogP contribution in [0.1, 0.15) is 91.2 Å². The molecule has 1 amide bonds. The zero-order chi connectivity index (χ0) is 18.1. The van der Waals surface area contributed by atoms with Gasteiger partial charge in [-0.25, -0.2) is 0 Å². The topological polar surface area (TPSA) is 29.1 Å². The molecular formula is C21H39NO. The summed E-state index contributed by atoms with van der Waals surface area (Å²) < 4.78 is 0. The van der Waals surface area contributed by atoms with Crippen LogP contribution in [0.25, 0.3) is 0 Å². The monoisotopic (exact) mass is 321 g/mol. The minimum absolute atomic E-state index is 0.0757. The number of benzene rings is 1. The molecule has 0 spiro atoms. The number of hydrogen-bond donors (Lipinski definition) is 1. The standard InChI is InChI=1S/C13H19NO.C6H14.C2H6/c1-4-7-11-8-6-9-12(10(11)3)14-13(15)5-2;1-3-5-6-4-2;1-2/h6,8-9H,4-5,7H2,1-3H3,(H,14,15);3-6H2,1-2H3;1-2H3. The van der Waals surface area contributed by atoms with E-state index < -0.39 is 0 Å². The van der Waals surface area contributed by atoms with Crippen molar-refractivity contribution in [1.29, 1.82) is 0 Å². The Kier molecular flexibility index (Phi) is 17.8. The summed E-state index contributed by atoms with van der Waals surface area (Å²) in [6.45, 7) is 14.6. The molecular weight excluding hydrogens is 282 g/mol. The summed E-state index contributed by atoms with van der Waals surface area (Å²) in [6.07, 6.45) is 8.26. The molecule has 1 aromatic rings. The third-order valence-corrected chi connectivity index (χ3v) is 3.52. The van der Waals surface area contributed by atoms with Gasteiger partial charge >= 0.3 is 0 Å². The lowest BCUT2D eigenvalue weighted by Crippen LogP contribution is -2.11. The van der Waals surface area contributed by atoms with E-state index in [4.69, 9.17) is 0 Å². The Morgan fingerprint density at radius 3 is 1.96 bits per heavy atom. The lowest BCUT2D eigenvalue weighted by molar-refractivity contribution is -0.115. The normalized spacial score (nSPS) is 9.17. The molecule has 0 aromatic heterocycles. The summed E-state index contributed by atoms with van der Waals surface area (Å²) in [5.41, 5.74) is 3.47. The molecule has 1 aromatic carbocycles. The Bertz CT molecular complexity index is 395. The number of hydrogen-bond acceptors (Lipinski definition) is 1. The Labute approximate surface area is 145 Å². The number of anilines is 1. The van der Waals surface area contributed by atoms with Gasteiger partial charge < -0.3 is 5.32 Å². The maximum Gasteiger partial charge on any atom is 0.224 e. The van der Waals surface area contributed by atoms with Crippen molar-refractivity contribution in [2.24, 2.45) is 0 Å². The first-order valence-corrected chi connectivity index (χ1v) is 9.48. The van der Waals surface area contributed by atoms with Crippen molar-refractivity contribution in [3.63, 3.8) is 0 Å².